The Hall–Kier alpha value is -2.57. The molecule has 0 aliphatic heterocycles. The molecule has 0 N–H and O–H groups in total. The maximum Gasteiger partial charge on any atom is 0.271 e. The summed E-state index contributed by atoms with van der Waals surface area (Å²) in [6.07, 6.45) is 0.635. The van der Waals surface area contributed by atoms with Crippen LogP contribution in [0.2, 0.25) is 0 Å². The van der Waals surface area contributed by atoms with E-state index in [0.717, 1.165) is 0 Å². The molecule has 2 rings (SSSR count). The standard InChI is InChI=1S/C12H12N4O3/c1-8(2)12-11(7-17)13-14-15(12)9-4-3-5-10(6-9)16(18)19/h3-8H,1-2H3. The van der Waals surface area contributed by atoms with Crippen molar-refractivity contribution >= 4 is 12.0 Å². The van der Waals surface area contributed by atoms with E-state index in [2.05, 4.69) is 10.3 Å². The number of aromatic nitrogens is 3. The average Bonchev–Trinajstić information content (AvgIpc) is 2.82. The number of hydrogen-bond acceptors (Lipinski definition) is 5. The number of carbonyl (C=O) groups is 1. The Bertz CT molecular complexity index is 634. The van der Waals surface area contributed by atoms with Gasteiger partial charge in [-0.25, -0.2) is 4.68 Å². The number of carbonyl (C=O) groups excluding carboxylic acids is 1. The Morgan fingerprint density at radius 1 is 1.42 bits per heavy atom. The second-order valence-electron chi connectivity index (χ2n) is 4.32. The van der Waals surface area contributed by atoms with Gasteiger partial charge in [0.2, 0.25) is 0 Å². The fourth-order valence-electron chi connectivity index (χ4n) is 1.85. The summed E-state index contributed by atoms with van der Waals surface area (Å²) in [5.41, 5.74) is 1.37. The van der Waals surface area contributed by atoms with Gasteiger partial charge in [-0.1, -0.05) is 25.1 Å². The lowest BCUT2D eigenvalue weighted by atomic mass is 10.1. The third-order valence-electron chi connectivity index (χ3n) is 2.68. The molecule has 0 bridgehead atoms. The number of nitrogens with zero attached hydrogens (tertiary/aromatic N) is 4. The molecule has 98 valence electrons. The molecular weight excluding hydrogens is 248 g/mol. The lowest BCUT2D eigenvalue weighted by Crippen LogP contribution is -2.05. The quantitative estimate of drug-likeness (QED) is 0.477. The van der Waals surface area contributed by atoms with Crippen LogP contribution in [0.1, 0.15) is 35.9 Å². The van der Waals surface area contributed by atoms with Crippen molar-refractivity contribution in [3.8, 4) is 5.69 Å². The Morgan fingerprint density at radius 2 is 2.16 bits per heavy atom. The highest BCUT2D eigenvalue weighted by Gasteiger charge is 2.18. The van der Waals surface area contributed by atoms with Crippen LogP contribution in [0.3, 0.4) is 0 Å². The van der Waals surface area contributed by atoms with E-state index in [0.29, 0.717) is 17.7 Å². The van der Waals surface area contributed by atoms with Crippen LogP contribution in [0.4, 0.5) is 5.69 Å². The van der Waals surface area contributed by atoms with E-state index in [4.69, 9.17) is 0 Å². The Balaban J connectivity index is 2.59. The molecule has 7 nitrogen and oxygen atoms in total. The number of benzene rings is 1. The molecule has 2 aromatic rings. The lowest BCUT2D eigenvalue weighted by molar-refractivity contribution is -0.384. The van der Waals surface area contributed by atoms with E-state index >= 15 is 0 Å². The number of nitro benzene ring substituents is 1. The molecule has 0 amide bonds. The van der Waals surface area contributed by atoms with Gasteiger partial charge in [-0.2, -0.15) is 0 Å². The van der Waals surface area contributed by atoms with Crippen LogP contribution in [0.5, 0.6) is 0 Å². The third kappa shape index (κ3) is 2.35. The molecule has 0 saturated heterocycles. The predicted molar refractivity (Wildman–Crippen MR) is 67.5 cm³/mol. The molecule has 1 heterocycles. The first-order valence-corrected chi connectivity index (χ1v) is 5.70. The number of rotatable bonds is 4. The maximum atomic E-state index is 10.9. The van der Waals surface area contributed by atoms with Gasteiger partial charge in [-0.05, 0) is 12.0 Å². The SMILES string of the molecule is CC(C)c1c(C=O)nnn1-c1cccc([N+](=O)[O-])c1. The van der Waals surface area contributed by atoms with Crippen LogP contribution in [0, 0.1) is 10.1 Å². The fourth-order valence-corrected chi connectivity index (χ4v) is 1.85. The van der Waals surface area contributed by atoms with Crippen molar-refractivity contribution in [1.29, 1.82) is 0 Å². The minimum atomic E-state index is -0.476. The van der Waals surface area contributed by atoms with Gasteiger partial charge >= 0.3 is 0 Å². The van der Waals surface area contributed by atoms with Crippen molar-refractivity contribution in [2.24, 2.45) is 0 Å². The molecule has 1 aromatic carbocycles. The Morgan fingerprint density at radius 3 is 2.74 bits per heavy atom. The lowest BCUT2D eigenvalue weighted by Gasteiger charge is -2.09. The first-order chi connectivity index (χ1) is 9.04. The summed E-state index contributed by atoms with van der Waals surface area (Å²) < 4.78 is 1.46. The molecule has 0 saturated carbocycles. The molecule has 0 spiro atoms. The van der Waals surface area contributed by atoms with Crippen molar-refractivity contribution < 1.29 is 9.72 Å². The molecular formula is C12H12N4O3. The molecule has 0 aliphatic carbocycles. The van der Waals surface area contributed by atoms with Crippen molar-refractivity contribution in [1.82, 2.24) is 15.0 Å². The van der Waals surface area contributed by atoms with Crippen LogP contribution in [-0.2, 0) is 0 Å². The molecule has 0 radical (unpaired) electrons. The van der Waals surface area contributed by atoms with Crippen molar-refractivity contribution in [2.75, 3.05) is 0 Å². The summed E-state index contributed by atoms with van der Waals surface area (Å²) in [7, 11) is 0. The second kappa shape index (κ2) is 4.97. The third-order valence-corrected chi connectivity index (χ3v) is 2.68. The van der Waals surface area contributed by atoms with E-state index < -0.39 is 4.92 Å². The van der Waals surface area contributed by atoms with Gasteiger partial charge in [0.1, 0.15) is 5.69 Å². The Labute approximate surface area is 109 Å². The number of non-ortho nitro benzene ring substituents is 1. The van der Waals surface area contributed by atoms with Gasteiger partial charge in [0.15, 0.2) is 6.29 Å². The molecule has 19 heavy (non-hydrogen) atoms. The van der Waals surface area contributed by atoms with Gasteiger partial charge in [0.05, 0.1) is 16.3 Å². The molecule has 0 aliphatic rings. The molecule has 0 unspecified atom stereocenters. The van der Waals surface area contributed by atoms with E-state index in [1.807, 2.05) is 13.8 Å². The monoisotopic (exact) mass is 260 g/mol. The van der Waals surface area contributed by atoms with Crippen molar-refractivity contribution in [3.63, 3.8) is 0 Å². The predicted octanol–water partition coefficient (Wildman–Crippen LogP) is 2.11. The molecule has 0 atom stereocenters. The number of nitro groups is 1. The minimum absolute atomic E-state index is 0.0227. The average molecular weight is 260 g/mol. The summed E-state index contributed by atoms with van der Waals surface area (Å²) in [5.74, 6) is 0.0227. The first-order valence-electron chi connectivity index (χ1n) is 5.70. The van der Waals surface area contributed by atoms with Crippen LogP contribution in [0.15, 0.2) is 24.3 Å². The summed E-state index contributed by atoms with van der Waals surface area (Å²) in [6, 6.07) is 6.05. The highest BCUT2D eigenvalue weighted by atomic mass is 16.6. The van der Waals surface area contributed by atoms with E-state index in [1.165, 1.54) is 16.8 Å². The zero-order valence-corrected chi connectivity index (χ0v) is 10.5. The summed E-state index contributed by atoms with van der Waals surface area (Å²) >= 11 is 0. The van der Waals surface area contributed by atoms with E-state index in [-0.39, 0.29) is 17.3 Å². The van der Waals surface area contributed by atoms with Gasteiger partial charge in [0.25, 0.3) is 5.69 Å². The first kappa shape index (κ1) is 12.9. The summed E-state index contributed by atoms with van der Waals surface area (Å²) in [4.78, 5) is 21.2. The summed E-state index contributed by atoms with van der Waals surface area (Å²) in [5, 5.41) is 18.4. The van der Waals surface area contributed by atoms with Gasteiger partial charge in [-0.3, -0.25) is 14.9 Å². The highest BCUT2D eigenvalue weighted by Crippen LogP contribution is 2.22. The van der Waals surface area contributed by atoms with Gasteiger partial charge < -0.3 is 0 Å². The molecule has 0 fully saturated rings. The van der Waals surface area contributed by atoms with Crippen LogP contribution in [0.25, 0.3) is 5.69 Å². The number of hydrogen-bond donors (Lipinski definition) is 0. The molecule has 7 heteroatoms. The zero-order chi connectivity index (χ0) is 14.0. The van der Waals surface area contributed by atoms with Gasteiger partial charge in [-0.15, -0.1) is 5.10 Å². The minimum Gasteiger partial charge on any atom is -0.296 e. The topological polar surface area (TPSA) is 90.9 Å². The van der Waals surface area contributed by atoms with E-state index in [1.54, 1.807) is 12.1 Å². The van der Waals surface area contributed by atoms with Crippen LogP contribution in [-0.4, -0.2) is 26.2 Å². The zero-order valence-electron chi connectivity index (χ0n) is 10.5. The van der Waals surface area contributed by atoms with Crippen molar-refractivity contribution in [3.05, 3.63) is 45.8 Å². The maximum absolute atomic E-state index is 10.9. The highest BCUT2D eigenvalue weighted by molar-refractivity contribution is 5.74. The Kier molecular flexibility index (Phi) is 3.37. The van der Waals surface area contributed by atoms with Crippen molar-refractivity contribution in [2.45, 2.75) is 19.8 Å². The van der Waals surface area contributed by atoms with E-state index in [9.17, 15) is 14.9 Å². The smallest absolute Gasteiger partial charge is 0.271 e. The normalized spacial score (nSPS) is 10.7. The summed E-state index contributed by atoms with van der Waals surface area (Å²) in [6.45, 7) is 3.80. The fraction of sp³-hybridized carbons (Fsp3) is 0.250. The van der Waals surface area contributed by atoms with Gasteiger partial charge in [0, 0.05) is 12.1 Å². The van der Waals surface area contributed by atoms with Crippen LogP contribution >= 0.6 is 0 Å². The number of aldehydes is 1. The molecule has 1 aromatic heterocycles. The van der Waals surface area contributed by atoms with Crippen LogP contribution < -0.4 is 0 Å². The largest absolute Gasteiger partial charge is 0.296 e. The second-order valence-corrected chi connectivity index (χ2v) is 4.32.